The van der Waals surface area contributed by atoms with E-state index in [1.54, 1.807) is 7.11 Å². The summed E-state index contributed by atoms with van der Waals surface area (Å²) in [5.41, 5.74) is 10.2. The van der Waals surface area contributed by atoms with E-state index in [-0.39, 0.29) is 6.04 Å². The molecule has 1 unspecified atom stereocenters. The summed E-state index contributed by atoms with van der Waals surface area (Å²) in [5.74, 6) is 0.901. The van der Waals surface area contributed by atoms with Crippen molar-refractivity contribution >= 4 is 0 Å². The molecule has 0 bridgehead atoms. The predicted molar refractivity (Wildman–Crippen MR) is 75.8 cm³/mol. The van der Waals surface area contributed by atoms with Crippen LogP contribution in [0.4, 0.5) is 0 Å². The van der Waals surface area contributed by atoms with Gasteiger partial charge in [-0.3, -0.25) is 0 Å². The largest absolute Gasteiger partial charge is 0.496 e. The van der Waals surface area contributed by atoms with Crippen LogP contribution < -0.4 is 10.5 Å². The number of allylic oxidation sites excluding steroid dienone is 1. The zero-order chi connectivity index (χ0) is 13.0. The zero-order valence-corrected chi connectivity index (χ0v) is 11.4. The summed E-state index contributed by atoms with van der Waals surface area (Å²) >= 11 is 0. The van der Waals surface area contributed by atoms with Crippen LogP contribution >= 0.6 is 0 Å². The first kappa shape index (κ1) is 13.2. The Bertz CT molecular complexity index is 437. The van der Waals surface area contributed by atoms with Gasteiger partial charge in [-0.15, -0.1) is 0 Å². The minimum Gasteiger partial charge on any atom is -0.496 e. The Morgan fingerprint density at radius 1 is 1.22 bits per heavy atom. The van der Waals surface area contributed by atoms with Crippen LogP contribution in [0.3, 0.4) is 0 Å². The van der Waals surface area contributed by atoms with Crippen LogP contribution in [-0.4, -0.2) is 7.11 Å². The molecule has 18 heavy (non-hydrogen) atoms. The van der Waals surface area contributed by atoms with Crippen LogP contribution in [0.1, 0.15) is 49.3 Å². The molecular weight excluding hydrogens is 222 g/mol. The number of benzene rings is 1. The molecule has 0 amide bonds. The van der Waals surface area contributed by atoms with Gasteiger partial charge in [0.2, 0.25) is 0 Å². The Balaban J connectivity index is 2.29. The van der Waals surface area contributed by atoms with E-state index in [4.69, 9.17) is 10.5 Å². The molecule has 0 aromatic heterocycles. The van der Waals surface area contributed by atoms with Crippen molar-refractivity contribution in [3.05, 3.63) is 41.0 Å². The molecule has 2 nitrogen and oxygen atoms in total. The van der Waals surface area contributed by atoms with Gasteiger partial charge < -0.3 is 10.5 Å². The van der Waals surface area contributed by atoms with Gasteiger partial charge >= 0.3 is 0 Å². The van der Waals surface area contributed by atoms with Gasteiger partial charge in [0.25, 0.3) is 0 Å². The van der Waals surface area contributed by atoms with E-state index in [0.29, 0.717) is 0 Å². The van der Waals surface area contributed by atoms with Gasteiger partial charge in [0.1, 0.15) is 5.75 Å². The molecule has 0 spiro atoms. The summed E-state index contributed by atoms with van der Waals surface area (Å²) in [4.78, 5) is 0. The molecule has 0 radical (unpaired) electrons. The maximum atomic E-state index is 6.44. The molecule has 0 saturated heterocycles. The molecule has 1 atom stereocenters. The molecule has 0 aliphatic heterocycles. The highest BCUT2D eigenvalue weighted by Crippen LogP contribution is 2.33. The molecule has 1 aromatic carbocycles. The molecule has 1 aromatic rings. The summed E-state index contributed by atoms with van der Waals surface area (Å²) in [6, 6.07) is 6.21. The fourth-order valence-electron chi connectivity index (χ4n) is 2.62. The van der Waals surface area contributed by atoms with Crippen LogP contribution in [0.2, 0.25) is 0 Å². The summed E-state index contributed by atoms with van der Waals surface area (Å²) in [5, 5.41) is 0. The van der Waals surface area contributed by atoms with E-state index < -0.39 is 0 Å². The van der Waals surface area contributed by atoms with Gasteiger partial charge in [-0.05, 0) is 38.7 Å². The second kappa shape index (κ2) is 6.05. The second-order valence-electron chi connectivity index (χ2n) is 5.10. The van der Waals surface area contributed by atoms with Crippen LogP contribution in [-0.2, 0) is 0 Å². The molecule has 0 fully saturated rings. The van der Waals surface area contributed by atoms with Gasteiger partial charge in [-0.2, -0.15) is 0 Å². The van der Waals surface area contributed by atoms with E-state index >= 15 is 0 Å². The van der Waals surface area contributed by atoms with Crippen LogP contribution in [0.25, 0.3) is 0 Å². The number of rotatable bonds is 3. The number of methoxy groups -OCH3 is 1. The predicted octanol–water partition coefficient (Wildman–Crippen LogP) is 3.89. The quantitative estimate of drug-likeness (QED) is 0.820. The lowest BCUT2D eigenvalue weighted by molar-refractivity contribution is 0.407. The van der Waals surface area contributed by atoms with Crippen molar-refractivity contribution in [3.63, 3.8) is 0 Å². The topological polar surface area (TPSA) is 35.2 Å². The first-order valence-corrected chi connectivity index (χ1v) is 6.81. The fourth-order valence-corrected chi connectivity index (χ4v) is 2.62. The van der Waals surface area contributed by atoms with Crippen molar-refractivity contribution in [2.75, 3.05) is 7.11 Å². The fraction of sp³-hybridized carbons (Fsp3) is 0.500. The number of nitrogens with two attached hydrogens (primary N) is 1. The van der Waals surface area contributed by atoms with E-state index in [2.05, 4.69) is 25.1 Å². The molecular formula is C16H23NO. The minimum absolute atomic E-state index is 0.0158. The Labute approximate surface area is 110 Å². The molecule has 2 heteroatoms. The second-order valence-corrected chi connectivity index (χ2v) is 5.10. The van der Waals surface area contributed by atoms with Crippen LogP contribution in [0, 0.1) is 6.92 Å². The third kappa shape index (κ3) is 2.94. The Kier molecular flexibility index (Phi) is 4.43. The zero-order valence-electron chi connectivity index (χ0n) is 11.4. The third-order valence-electron chi connectivity index (χ3n) is 3.70. The summed E-state index contributed by atoms with van der Waals surface area (Å²) in [6.07, 6.45) is 8.49. The molecule has 98 valence electrons. The smallest absolute Gasteiger partial charge is 0.123 e. The average Bonchev–Trinajstić information content (AvgIpc) is 2.66. The maximum absolute atomic E-state index is 6.44. The number of hydrogen-bond donors (Lipinski definition) is 1. The average molecular weight is 245 g/mol. The van der Waals surface area contributed by atoms with Crippen LogP contribution in [0.5, 0.6) is 5.75 Å². The highest BCUT2D eigenvalue weighted by molar-refractivity contribution is 5.42. The van der Waals surface area contributed by atoms with Crippen molar-refractivity contribution in [2.24, 2.45) is 5.73 Å². The summed E-state index contributed by atoms with van der Waals surface area (Å²) in [6.45, 7) is 2.09. The summed E-state index contributed by atoms with van der Waals surface area (Å²) in [7, 11) is 1.71. The highest BCUT2D eigenvalue weighted by Gasteiger charge is 2.17. The van der Waals surface area contributed by atoms with E-state index in [0.717, 1.165) is 24.2 Å². The molecule has 0 saturated carbocycles. The van der Waals surface area contributed by atoms with Crippen molar-refractivity contribution in [1.29, 1.82) is 0 Å². The lowest BCUT2D eigenvalue weighted by Gasteiger charge is -2.19. The molecule has 1 aliphatic rings. The third-order valence-corrected chi connectivity index (χ3v) is 3.70. The van der Waals surface area contributed by atoms with Crippen molar-refractivity contribution in [1.82, 2.24) is 0 Å². The number of ether oxygens (including phenoxy) is 1. The van der Waals surface area contributed by atoms with E-state index in [1.807, 2.05) is 6.07 Å². The van der Waals surface area contributed by atoms with Gasteiger partial charge in [-0.1, -0.05) is 35.8 Å². The van der Waals surface area contributed by atoms with Crippen molar-refractivity contribution in [3.8, 4) is 5.75 Å². The lowest BCUT2D eigenvalue weighted by atomic mass is 9.94. The van der Waals surface area contributed by atoms with Gasteiger partial charge in [0.05, 0.1) is 13.2 Å². The number of hydrogen-bond acceptors (Lipinski definition) is 2. The molecule has 2 rings (SSSR count). The first-order chi connectivity index (χ1) is 8.72. The Morgan fingerprint density at radius 3 is 2.83 bits per heavy atom. The molecule has 2 N–H and O–H groups in total. The highest BCUT2D eigenvalue weighted by atomic mass is 16.5. The minimum atomic E-state index is -0.0158. The van der Waals surface area contributed by atoms with Crippen molar-refractivity contribution < 1.29 is 4.74 Å². The van der Waals surface area contributed by atoms with Gasteiger partial charge in [0, 0.05) is 5.56 Å². The van der Waals surface area contributed by atoms with Crippen molar-refractivity contribution in [2.45, 2.75) is 45.1 Å². The van der Waals surface area contributed by atoms with E-state index in [9.17, 15) is 0 Å². The van der Waals surface area contributed by atoms with Crippen LogP contribution in [0.15, 0.2) is 29.8 Å². The van der Waals surface area contributed by atoms with Gasteiger partial charge in [0.15, 0.2) is 0 Å². The van der Waals surface area contributed by atoms with Gasteiger partial charge in [-0.25, -0.2) is 0 Å². The SMILES string of the molecule is COc1ccc(C)cc1C(N)C1=CCCCCC1. The number of aryl methyl sites for hydroxylation is 1. The summed E-state index contributed by atoms with van der Waals surface area (Å²) < 4.78 is 5.44. The Morgan fingerprint density at radius 2 is 2.06 bits per heavy atom. The normalized spacial score (nSPS) is 17.8. The Hall–Kier alpha value is -1.28. The monoisotopic (exact) mass is 245 g/mol. The maximum Gasteiger partial charge on any atom is 0.123 e. The first-order valence-electron chi connectivity index (χ1n) is 6.81. The lowest BCUT2D eigenvalue weighted by Crippen LogP contribution is -2.14. The molecule has 0 heterocycles. The van der Waals surface area contributed by atoms with E-state index in [1.165, 1.54) is 30.4 Å². The molecule has 1 aliphatic carbocycles. The standard InChI is InChI=1S/C16H23NO/c1-12-9-10-15(18-2)14(11-12)16(17)13-7-5-3-4-6-8-13/h7,9-11,16H,3-6,8,17H2,1-2H3.